The average molecular weight is 407 g/mol. The lowest BCUT2D eigenvalue weighted by Gasteiger charge is -2.41. The van der Waals surface area contributed by atoms with Crippen LogP contribution in [0.15, 0.2) is 24.4 Å². The Bertz CT molecular complexity index is 835. The van der Waals surface area contributed by atoms with E-state index in [1.165, 1.54) is 11.3 Å². The Kier molecular flexibility index (Phi) is 5.87. The van der Waals surface area contributed by atoms with Crippen molar-refractivity contribution in [2.45, 2.75) is 38.9 Å². The Morgan fingerprint density at radius 1 is 1.46 bits per heavy atom. The molecule has 0 spiro atoms. The number of rotatable bonds is 4. The molecule has 0 aromatic carbocycles. The zero-order valence-corrected chi connectivity index (χ0v) is 17.4. The summed E-state index contributed by atoms with van der Waals surface area (Å²) in [5, 5.41) is 14.0. The summed E-state index contributed by atoms with van der Waals surface area (Å²) >= 11 is 1.53. The van der Waals surface area contributed by atoms with Crippen LogP contribution in [-0.4, -0.2) is 58.0 Å². The van der Waals surface area contributed by atoms with Gasteiger partial charge in [-0.05, 0) is 39.8 Å². The third-order valence-electron chi connectivity index (χ3n) is 4.17. The molecule has 1 fully saturated rings. The van der Waals surface area contributed by atoms with Gasteiger partial charge in [-0.2, -0.15) is 0 Å². The maximum absolute atomic E-state index is 12.5. The number of pyridine rings is 1. The molecule has 0 radical (unpaired) electrons. The zero-order valence-electron chi connectivity index (χ0n) is 16.6. The Hall–Kier alpha value is -2.23. The van der Waals surface area contributed by atoms with Crippen LogP contribution in [0.1, 0.15) is 31.3 Å². The monoisotopic (exact) mass is 406 g/mol. The quantitative estimate of drug-likeness (QED) is 0.805. The number of carbonyl (C=O) groups excluding carboxylic acids is 1. The van der Waals surface area contributed by atoms with Gasteiger partial charge in [-0.3, -0.25) is 0 Å². The lowest BCUT2D eigenvalue weighted by atomic mass is 9.97. The number of anilines is 2. The van der Waals surface area contributed by atoms with E-state index < -0.39 is 17.3 Å². The van der Waals surface area contributed by atoms with E-state index in [4.69, 9.17) is 9.47 Å². The molecule has 3 heterocycles. The van der Waals surface area contributed by atoms with Crippen LogP contribution < -0.4 is 5.32 Å². The molecular formula is C19H26N4O4S. The molecule has 1 aliphatic heterocycles. The second kappa shape index (κ2) is 8.02. The van der Waals surface area contributed by atoms with Crippen molar-refractivity contribution >= 4 is 28.4 Å². The van der Waals surface area contributed by atoms with Crippen LogP contribution in [0.4, 0.5) is 15.7 Å². The number of aryl methyl sites for hydroxylation is 1. The van der Waals surface area contributed by atoms with Gasteiger partial charge in [0.15, 0.2) is 10.7 Å². The summed E-state index contributed by atoms with van der Waals surface area (Å²) in [5.74, 6) is 0.595. The lowest BCUT2D eigenvalue weighted by molar-refractivity contribution is -0.138. The highest BCUT2D eigenvalue weighted by molar-refractivity contribution is 7.15. The van der Waals surface area contributed by atoms with Gasteiger partial charge in [0.2, 0.25) is 0 Å². The number of morpholine rings is 1. The summed E-state index contributed by atoms with van der Waals surface area (Å²) < 4.78 is 11.4. The van der Waals surface area contributed by atoms with Crippen molar-refractivity contribution in [2.24, 2.45) is 0 Å². The van der Waals surface area contributed by atoms with Crippen molar-refractivity contribution in [2.75, 3.05) is 31.6 Å². The minimum Gasteiger partial charge on any atom is -0.444 e. The fourth-order valence-electron chi connectivity index (χ4n) is 2.88. The van der Waals surface area contributed by atoms with Gasteiger partial charge in [-0.1, -0.05) is 6.07 Å². The number of carbonyl (C=O) groups is 1. The van der Waals surface area contributed by atoms with Crippen LogP contribution in [-0.2, 0) is 15.1 Å². The standard InChI is InChI=1S/C19H26N4O4S/c1-13-10-20-16(28-13)22-15-7-5-6-14(21-15)19(12-24)11-23(8-9-26-19)17(25)27-18(2,3)4/h5-7,10,24H,8-9,11-12H2,1-4H3,(H,20,21,22)/t19-/m1/s1. The van der Waals surface area contributed by atoms with Gasteiger partial charge in [0.1, 0.15) is 11.4 Å². The first kappa shape index (κ1) is 20.5. The van der Waals surface area contributed by atoms with Crippen LogP contribution in [0.3, 0.4) is 0 Å². The normalized spacial score (nSPS) is 20.1. The number of nitrogens with one attached hydrogen (secondary N) is 1. The van der Waals surface area contributed by atoms with Crippen molar-refractivity contribution in [3.8, 4) is 0 Å². The van der Waals surface area contributed by atoms with E-state index >= 15 is 0 Å². The van der Waals surface area contributed by atoms with Crippen molar-refractivity contribution in [3.05, 3.63) is 35.0 Å². The number of amides is 1. The Labute approximate surface area is 168 Å². The molecule has 0 saturated carbocycles. The van der Waals surface area contributed by atoms with Crippen LogP contribution in [0.25, 0.3) is 0 Å². The first-order valence-corrected chi connectivity index (χ1v) is 9.92. The first-order chi connectivity index (χ1) is 13.2. The summed E-state index contributed by atoms with van der Waals surface area (Å²) in [4.78, 5) is 24.0. The van der Waals surface area contributed by atoms with Gasteiger partial charge < -0.3 is 24.8 Å². The van der Waals surface area contributed by atoms with Crippen LogP contribution in [0.5, 0.6) is 0 Å². The van der Waals surface area contributed by atoms with E-state index in [2.05, 4.69) is 15.3 Å². The zero-order chi connectivity index (χ0) is 20.4. The maximum Gasteiger partial charge on any atom is 0.410 e. The molecule has 8 nitrogen and oxygen atoms in total. The van der Waals surface area contributed by atoms with Crippen molar-refractivity contribution < 1.29 is 19.4 Å². The molecular weight excluding hydrogens is 380 g/mol. The van der Waals surface area contributed by atoms with E-state index in [-0.39, 0.29) is 19.8 Å². The highest BCUT2D eigenvalue weighted by Gasteiger charge is 2.42. The number of hydrogen-bond donors (Lipinski definition) is 2. The number of ether oxygens (including phenoxy) is 2. The van der Waals surface area contributed by atoms with E-state index in [1.807, 2.05) is 39.8 Å². The molecule has 28 heavy (non-hydrogen) atoms. The predicted octanol–water partition coefficient (Wildman–Crippen LogP) is 3.05. The highest BCUT2D eigenvalue weighted by atomic mass is 32.1. The fourth-order valence-corrected chi connectivity index (χ4v) is 3.55. The number of aromatic nitrogens is 2. The molecule has 2 aromatic heterocycles. The summed E-state index contributed by atoms with van der Waals surface area (Å²) in [6.07, 6.45) is 1.36. The maximum atomic E-state index is 12.5. The summed E-state index contributed by atoms with van der Waals surface area (Å²) in [7, 11) is 0. The van der Waals surface area contributed by atoms with Crippen molar-refractivity contribution in [3.63, 3.8) is 0 Å². The van der Waals surface area contributed by atoms with E-state index in [0.717, 1.165) is 10.0 Å². The van der Waals surface area contributed by atoms with Gasteiger partial charge in [0, 0.05) is 17.6 Å². The summed E-state index contributed by atoms with van der Waals surface area (Å²) in [6, 6.07) is 5.44. The molecule has 152 valence electrons. The minimum atomic E-state index is -1.11. The van der Waals surface area contributed by atoms with Gasteiger partial charge in [0.05, 0.1) is 25.5 Å². The molecule has 1 aliphatic rings. The van der Waals surface area contributed by atoms with Gasteiger partial charge in [-0.25, -0.2) is 14.8 Å². The summed E-state index contributed by atoms with van der Waals surface area (Å²) in [6.45, 7) is 7.97. The topological polar surface area (TPSA) is 96.8 Å². The molecule has 0 unspecified atom stereocenters. The molecule has 2 aromatic rings. The van der Waals surface area contributed by atoms with Crippen molar-refractivity contribution in [1.82, 2.24) is 14.9 Å². The lowest BCUT2D eigenvalue weighted by Crippen LogP contribution is -2.55. The van der Waals surface area contributed by atoms with Crippen molar-refractivity contribution in [1.29, 1.82) is 0 Å². The largest absolute Gasteiger partial charge is 0.444 e. The minimum absolute atomic E-state index is 0.158. The fraction of sp³-hybridized carbons (Fsp3) is 0.526. The molecule has 1 atom stereocenters. The van der Waals surface area contributed by atoms with Gasteiger partial charge in [-0.15, -0.1) is 11.3 Å². The van der Waals surface area contributed by atoms with Gasteiger partial charge >= 0.3 is 6.09 Å². The number of nitrogens with zero attached hydrogens (tertiary/aromatic N) is 3. The average Bonchev–Trinajstić information content (AvgIpc) is 3.05. The first-order valence-electron chi connectivity index (χ1n) is 9.10. The third-order valence-corrected chi connectivity index (χ3v) is 4.99. The Balaban J connectivity index is 1.81. The second-order valence-corrected chi connectivity index (χ2v) is 8.95. The third kappa shape index (κ3) is 4.78. The second-order valence-electron chi connectivity index (χ2n) is 7.71. The molecule has 3 rings (SSSR count). The van der Waals surface area contributed by atoms with Crippen LogP contribution in [0.2, 0.25) is 0 Å². The number of hydrogen-bond acceptors (Lipinski definition) is 8. The van der Waals surface area contributed by atoms with E-state index in [9.17, 15) is 9.90 Å². The smallest absolute Gasteiger partial charge is 0.410 e. The van der Waals surface area contributed by atoms with Crippen LogP contribution >= 0.6 is 11.3 Å². The molecule has 0 aliphatic carbocycles. The van der Waals surface area contributed by atoms with Crippen LogP contribution in [0, 0.1) is 6.92 Å². The number of aliphatic hydroxyl groups excluding tert-OH is 1. The predicted molar refractivity (Wildman–Crippen MR) is 107 cm³/mol. The number of thiazole rings is 1. The molecule has 1 amide bonds. The van der Waals surface area contributed by atoms with Gasteiger partial charge in [0.25, 0.3) is 0 Å². The SMILES string of the molecule is Cc1cnc(Nc2cccc([C@]3(CO)CN(C(=O)OC(C)(C)C)CCO3)n2)s1. The Morgan fingerprint density at radius 3 is 2.89 bits per heavy atom. The molecule has 1 saturated heterocycles. The molecule has 9 heteroatoms. The number of aliphatic hydroxyl groups is 1. The molecule has 0 bridgehead atoms. The Morgan fingerprint density at radius 2 is 2.25 bits per heavy atom. The molecule has 2 N–H and O–H groups in total. The van der Waals surface area contributed by atoms with E-state index in [0.29, 0.717) is 18.1 Å². The summed E-state index contributed by atoms with van der Waals surface area (Å²) in [5.41, 5.74) is -1.15. The highest BCUT2D eigenvalue weighted by Crippen LogP contribution is 2.30. The van der Waals surface area contributed by atoms with E-state index in [1.54, 1.807) is 17.2 Å².